The first-order valence-corrected chi connectivity index (χ1v) is 12.8. The quantitative estimate of drug-likeness (QED) is 0.188. The first kappa shape index (κ1) is 25.6. The Morgan fingerprint density at radius 1 is 1.03 bits per heavy atom. The SMILES string of the molecule is C=Nc1c(/C=C\C)c2cc(-c3nc(C4=CCC=CC=N4)nc(-c4ccccn4)n3)ccc2n1/C(C)=C/C=C\C. The molecule has 0 unspecified atom stereocenters. The maximum absolute atomic E-state index is 4.86. The molecule has 7 heteroatoms. The lowest BCUT2D eigenvalue weighted by atomic mass is 10.1. The molecule has 1 aromatic carbocycles. The van der Waals surface area contributed by atoms with Gasteiger partial charge in [-0.25, -0.2) is 19.9 Å². The standard InChI is InChI=1S/C32H29N7/c1-5-7-14-22(3)39-28-18-17-23(21-25(28)24(13-6-2)32(39)33-4)29-36-30(26-15-9-8-11-19-34-26)38-31(37-29)27-16-10-12-20-35-27/h5-8,10-21H,4,9H2,1-3H3/b7-5-,13-6-,22-14+. The predicted molar refractivity (Wildman–Crippen MR) is 163 cm³/mol. The van der Waals surface area contributed by atoms with Crippen LogP contribution in [0.4, 0.5) is 5.82 Å². The van der Waals surface area contributed by atoms with E-state index in [9.17, 15) is 0 Å². The number of allylic oxidation sites excluding steroid dienone is 8. The molecule has 0 saturated carbocycles. The van der Waals surface area contributed by atoms with E-state index in [4.69, 9.17) is 15.0 Å². The van der Waals surface area contributed by atoms with Crippen LogP contribution in [0, 0.1) is 0 Å². The van der Waals surface area contributed by atoms with E-state index in [1.807, 2.05) is 74.6 Å². The summed E-state index contributed by atoms with van der Waals surface area (Å²) in [7, 11) is 0. The molecule has 39 heavy (non-hydrogen) atoms. The molecule has 0 spiro atoms. The van der Waals surface area contributed by atoms with Crippen LogP contribution in [-0.2, 0) is 0 Å². The average Bonchev–Trinajstić information content (AvgIpc) is 3.11. The van der Waals surface area contributed by atoms with Crippen molar-refractivity contribution in [3.8, 4) is 22.9 Å². The van der Waals surface area contributed by atoms with Gasteiger partial charge >= 0.3 is 0 Å². The van der Waals surface area contributed by atoms with Gasteiger partial charge in [0.2, 0.25) is 0 Å². The van der Waals surface area contributed by atoms with E-state index in [2.05, 4.69) is 57.5 Å². The maximum Gasteiger partial charge on any atom is 0.182 e. The molecule has 192 valence electrons. The van der Waals surface area contributed by atoms with Gasteiger partial charge < -0.3 is 0 Å². The molecule has 4 aromatic rings. The highest BCUT2D eigenvalue weighted by atomic mass is 15.1. The number of pyridine rings is 1. The van der Waals surface area contributed by atoms with Gasteiger partial charge in [0, 0.05) is 34.6 Å². The summed E-state index contributed by atoms with van der Waals surface area (Å²) in [6, 6.07) is 11.9. The summed E-state index contributed by atoms with van der Waals surface area (Å²) in [6.07, 6.45) is 20.4. The Bertz CT molecular complexity index is 1710. The fraction of sp³-hybridized carbons (Fsp3) is 0.125. The van der Waals surface area contributed by atoms with Gasteiger partial charge in [-0.3, -0.25) is 14.5 Å². The molecule has 4 heterocycles. The Morgan fingerprint density at radius 2 is 1.87 bits per heavy atom. The van der Waals surface area contributed by atoms with E-state index in [-0.39, 0.29) is 0 Å². The summed E-state index contributed by atoms with van der Waals surface area (Å²) >= 11 is 0. The van der Waals surface area contributed by atoms with Gasteiger partial charge in [0.1, 0.15) is 17.2 Å². The summed E-state index contributed by atoms with van der Waals surface area (Å²) in [6.45, 7) is 9.93. The number of fused-ring (bicyclic) bond motifs is 1. The minimum absolute atomic E-state index is 0.494. The summed E-state index contributed by atoms with van der Waals surface area (Å²) in [4.78, 5) is 27.9. The second-order valence-corrected chi connectivity index (χ2v) is 8.85. The molecule has 1 aliphatic heterocycles. The van der Waals surface area contributed by atoms with E-state index in [1.54, 1.807) is 12.4 Å². The molecule has 7 nitrogen and oxygen atoms in total. The number of benzene rings is 1. The Labute approximate surface area is 228 Å². The summed E-state index contributed by atoms with van der Waals surface area (Å²) < 4.78 is 2.12. The van der Waals surface area contributed by atoms with Crippen LogP contribution in [0.15, 0.2) is 95.1 Å². The second kappa shape index (κ2) is 11.6. The third-order valence-corrected chi connectivity index (χ3v) is 6.25. The minimum atomic E-state index is 0.494. The van der Waals surface area contributed by atoms with Crippen LogP contribution < -0.4 is 0 Å². The van der Waals surface area contributed by atoms with Crippen LogP contribution in [0.2, 0.25) is 0 Å². The number of aliphatic imine (C=N–C) groups is 2. The summed E-state index contributed by atoms with van der Waals surface area (Å²) in [5.74, 6) is 2.33. The largest absolute Gasteiger partial charge is 0.298 e. The van der Waals surface area contributed by atoms with E-state index in [1.165, 1.54) is 0 Å². The van der Waals surface area contributed by atoms with Crippen molar-refractivity contribution in [1.29, 1.82) is 0 Å². The zero-order chi connectivity index (χ0) is 27.2. The van der Waals surface area contributed by atoms with Crippen LogP contribution in [0.1, 0.15) is 38.6 Å². The lowest BCUT2D eigenvalue weighted by molar-refractivity contribution is 1.02. The molecule has 1 aliphatic rings. The highest BCUT2D eigenvalue weighted by Gasteiger charge is 2.19. The van der Waals surface area contributed by atoms with Crippen LogP contribution >= 0.6 is 0 Å². The van der Waals surface area contributed by atoms with Gasteiger partial charge in [-0.1, -0.05) is 42.5 Å². The molecular weight excluding hydrogens is 482 g/mol. The third-order valence-electron chi connectivity index (χ3n) is 6.25. The van der Waals surface area contributed by atoms with Crippen molar-refractivity contribution in [2.24, 2.45) is 9.98 Å². The highest BCUT2D eigenvalue weighted by molar-refractivity contribution is 6.00. The van der Waals surface area contributed by atoms with Crippen LogP contribution in [0.3, 0.4) is 0 Å². The molecule has 0 radical (unpaired) electrons. The van der Waals surface area contributed by atoms with Crippen molar-refractivity contribution >= 4 is 47.1 Å². The molecule has 0 N–H and O–H groups in total. The van der Waals surface area contributed by atoms with Crippen molar-refractivity contribution < 1.29 is 0 Å². The van der Waals surface area contributed by atoms with Crippen LogP contribution in [0.5, 0.6) is 0 Å². The molecule has 0 aliphatic carbocycles. The van der Waals surface area contributed by atoms with Crippen molar-refractivity contribution in [2.45, 2.75) is 27.2 Å². The normalized spacial score (nSPS) is 13.9. The van der Waals surface area contributed by atoms with E-state index < -0.39 is 0 Å². The Hall–Kier alpha value is -5.04. The number of rotatable bonds is 7. The second-order valence-electron chi connectivity index (χ2n) is 8.85. The predicted octanol–water partition coefficient (Wildman–Crippen LogP) is 7.73. The topological polar surface area (TPSA) is 81.2 Å². The van der Waals surface area contributed by atoms with Gasteiger partial charge in [0.15, 0.2) is 17.5 Å². The van der Waals surface area contributed by atoms with Gasteiger partial charge in [-0.2, -0.15) is 0 Å². The summed E-state index contributed by atoms with van der Waals surface area (Å²) in [5.41, 5.74) is 5.27. The van der Waals surface area contributed by atoms with Crippen molar-refractivity contribution in [3.05, 3.63) is 96.5 Å². The van der Waals surface area contributed by atoms with Crippen molar-refractivity contribution in [3.63, 3.8) is 0 Å². The molecular formula is C32H29N7. The smallest absolute Gasteiger partial charge is 0.182 e. The molecule has 0 bridgehead atoms. The Balaban J connectivity index is 1.74. The molecule has 0 amide bonds. The fourth-order valence-electron chi connectivity index (χ4n) is 4.47. The first-order chi connectivity index (χ1) is 19.1. The molecule has 0 saturated heterocycles. The van der Waals surface area contributed by atoms with E-state index in [0.717, 1.165) is 40.0 Å². The Kier molecular flexibility index (Phi) is 7.59. The van der Waals surface area contributed by atoms with Gasteiger partial charge in [0.05, 0.1) is 5.52 Å². The third kappa shape index (κ3) is 5.20. The van der Waals surface area contributed by atoms with Gasteiger partial charge in [0.25, 0.3) is 0 Å². The lowest BCUT2D eigenvalue weighted by Gasteiger charge is -2.09. The minimum Gasteiger partial charge on any atom is -0.298 e. The van der Waals surface area contributed by atoms with E-state index in [0.29, 0.717) is 28.9 Å². The van der Waals surface area contributed by atoms with Gasteiger partial charge in [-0.05, 0) is 76.4 Å². The van der Waals surface area contributed by atoms with Crippen LogP contribution in [-0.4, -0.2) is 37.4 Å². The van der Waals surface area contributed by atoms with Crippen molar-refractivity contribution in [1.82, 2.24) is 24.5 Å². The van der Waals surface area contributed by atoms with Crippen molar-refractivity contribution in [2.75, 3.05) is 0 Å². The van der Waals surface area contributed by atoms with Gasteiger partial charge in [-0.15, -0.1) is 0 Å². The summed E-state index contributed by atoms with van der Waals surface area (Å²) in [5, 5.41) is 1.03. The average molecular weight is 512 g/mol. The Morgan fingerprint density at radius 3 is 2.64 bits per heavy atom. The number of hydrogen-bond donors (Lipinski definition) is 0. The highest BCUT2D eigenvalue weighted by Crippen LogP contribution is 2.38. The number of hydrogen-bond acceptors (Lipinski definition) is 6. The van der Waals surface area contributed by atoms with Crippen LogP contribution in [0.25, 0.3) is 51.3 Å². The first-order valence-electron chi connectivity index (χ1n) is 12.8. The fourth-order valence-corrected chi connectivity index (χ4v) is 4.47. The molecule has 0 fully saturated rings. The number of nitrogens with zero attached hydrogens (tertiary/aromatic N) is 7. The molecule has 5 rings (SSSR count). The lowest BCUT2D eigenvalue weighted by Crippen LogP contribution is -2.03. The van der Waals surface area contributed by atoms with E-state index >= 15 is 0 Å². The molecule has 3 aromatic heterocycles. The zero-order valence-corrected chi connectivity index (χ0v) is 22.3. The molecule has 0 atom stereocenters. The zero-order valence-electron chi connectivity index (χ0n) is 22.3. The maximum atomic E-state index is 4.86. The monoisotopic (exact) mass is 511 g/mol. The number of aromatic nitrogens is 5.